The summed E-state index contributed by atoms with van der Waals surface area (Å²) >= 11 is 6.36. The topological polar surface area (TPSA) is 0 Å². The van der Waals surface area contributed by atoms with Crippen LogP contribution in [-0.2, 0) is 6.42 Å². The van der Waals surface area contributed by atoms with Crippen molar-refractivity contribution in [3.8, 4) is 0 Å². The third kappa shape index (κ3) is 4.61. The van der Waals surface area contributed by atoms with Gasteiger partial charge in [-0.25, -0.2) is 4.39 Å². The predicted octanol–water partition coefficient (Wildman–Crippen LogP) is 5.34. The third-order valence-corrected chi connectivity index (χ3v) is 4.33. The second-order valence-corrected chi connectivity index (χ2v) is 6.13. The highest BCUT2D eigenvalue weighted by Gasteiger charge is 2.15. The number of benzene rings is 1. The zero-order valence-electron chi connectivity index (χ0n) is 10.9. The second-order valence-electron chi connectivity index (χ2n) is 5.51. The smallest absolute Gasteiger partial charge is 0.123 e. The molecule has 1 aromatic rings. The molecule has 100 valence electrons. The molecule has 0 N–H and O–H groups in total. The quantitative estimate of drug-likeness (QED) is 0.633. The number of hydrogen-bond acceptors (Lipinski definition) is 0. The average Bonchev–Trinajstić information content (AvgIpc) is 2.38. The molecule has 0 saturated heterocycles. The van der Waals surface area contributed by atoms with Gasteiger partial charge in [-0.2, -0.15) is 0 Å². The van der Waals surface area contributed by atoms with Crippen LogP contribution >= 0.6 is 11.6 Å². The van der Waals surface area contributed by atoms with Gasteiger partial charge < -0.3 is 0 Å². The van der Waals surface area contributed by atoms with Crippen molar-refractivity contribution in [3.05, 3.63) is 35.6 Å². The van der Waals surface area contributed by atoms with E-state index in [0.717, 1.165) is 24.3 Å². The summed E-state index contributed by atoms with van der Waals surface area (Å²) in [4.78, 5) is 0. The first-order valence-corrected chi connectivity index (χ1v) is 7.56. The minimum atomic E-state index is -0.163. The molecule has 0 spiro atoms. The molecule has 1 unspecified atom stereocenters. The van der Waals surface area contributed by atoms with E-state index in [4.69, 9.17) is 11.6 Å². The van der Waals surface area contributed by atoms with Crippen LogP contribution in [0.4, 0.5) is 4.39 Å². The van der Waals surface area contributed by atoms with Gasteiger partial charge in [0.05, 0.1) is 0 Å². The summed E-state index contributed by atoms with van der Waals surface area (Å²) in [6, 6.07) is 6.79. The Morgan fingerprint density at radius 2 is 2.00 bits per heavy atom. The fourth-order valence-corrected chi connectivity index (χ4v) is 3.22. The van der Waals surface area contributed by atoms with Crippen molar-refractivity contribution in [2.75, 3.05) is 0 Å². The van der Waals surface area contributed by atoms with Gasteiger partial charge in [0.2, 0.25) is 0 Å². The van der Waals surface area contributed by atoms with Crippen LogP contribution in [0.5, 0.6) is 0 Å². The molecule has 1 aromatic carbocycles. The summed E-state index contributed by atoms with van der Waals surface area (Å²) in [5, 5.41) is 0.147. The third-order valence-electron chi connectivity index (χ3n) is 3.96. The standard InChI is InChI=1S/C16H22ClF/c17-15(10-9-13-5-2-1-3-6-13)11-14-7-4-8-16(18)12-14/h4,7-8,12-13,15H,1-3,5-6,9-11H2. The van der Waals surface area contributed by atoms with Crippen molar-refractivity contribution < 1.29 is 4.39 Å². The van der Waals surface area contributed by atoms with Gasteiger partial charge in [-0.15, -0.1) is 11.6 Å². The highest BCUT2D eigenvalue weighted by molar-refractivity contribution is 6.20. The lowest BCUT2D eigenvalue weighted by molar-refractivity contribution is 0.330. The second kappa shape index (κ2) is 7.13. The van der Waals surface area contributed by atoms with Gasteiger partial charge in [-0.05, 0) is 42.9 Å². The van der Waals surface area contributed by atoms with Crippen molar-refractivity contribution in [1.82, 2.24) is 0 Å². The lowest BCUT2D eigenvalue weighted by atomic mass is 9.85. The van der Waals surface area contributed by atoms with Gasteiger partial charge in [0.25, 0.3) is 0 Å². The Kier molecular flexibility index (Phi) is 5.49. The Bertz CT molecular complexity index is 358. The molecule has 18 heavy (non-hydrogen) atoms. The summed E-state index contributed by atoms with van der Waals surface area (Å²) in [5.74, 6) is 0.719. The molecule has 1 aliphatic rings. The maximum Gasteiger partial charge on any atom is 0.123 e. The zero-order chi connectivity index (χ0) is 12.8. The Hall–Kier alpha value is -0.560. The Morgan fingerprint density at radius 1 is 1.22 bits per heavy atom. The SMILES string of the molecule is Fc1cccc(CC(Cl)CCC2CCCCC2)c1. The molecular formula is C16H22ClF. The first-order valence-electron chi connectivity index (χ1n) is 7.12. The Morgan fingerprint density at radius 3 is 2.72 bits per heavy atom. The number of halogens is 2. The molecule has 0 aliphatic heterocycles. The fraction of sp³-hybridized carbons (Fsp3) is 0.625. The lowest BCUT2D eigenvalue weighted by Gasteiger charge is -2.22. The summed E-state index contributed by atoms with van der Waals surface area (Å²) in [6.07, 6.45) is 10.0. The van der Waals surface area contributed by atoms with E-state index in [1.54, 1.807) is 12.1 Å². The molecule has 2 heteroatoms. The van der Waals surface area contributed by atoms with E-state index < -0.39 is 0 Å². The van der Waals surface area contributed by atoms with E-state index in [2.05, 4.69) is 0 Å². The van der Waals surface area contributed by atoms with E-state index in [1.165, 1.54) is 44.6 Å². The molecular weight excluding hydrogens is 247 g/mol. The maximum atomic E-state index is 13.1. The molecule has 0 heterocycles. The summed E-state index contributed by atoms with van der Waals surface area (Å²) in [6.45, 7) is 0. The van der Waals surface area contributed by atoms with Crippen LogP contribution < -0.4 is 0 Å². The molecule has 1 aliphatic carbocycles. The summed E-state index contributed by atoms with van der Waals surface area (Å²) < 4.78 is 13.1. The fourth-order valence-electron chi connectivity index (χ4n) is 2.91. The van der Waals surface area contributed by atoms with E-state index in [0.29, 0.717) is 0 Å². The lowest BCUT2D eigenvalue weighted by Crippen LogP contribution is -2.10. The van der Waals surface area contributed by atoms with Gasteiger partial charge >= 0.3 is 0 Å². The summed E-state index contributed by atoms with van der Waals surface area (Å²) in [5.41, 5.74) is 1.01. The predicted molar refractivity (Wildman–Crippen MR) is 75.6 cm³/mol. The summed E-state index contributed by atoms with van der Waals surface area (Å²) in [7, 11) is 0. The molecule has 0 amide bonds. The van der Waals surface area contributed by atoms with Crippen molar-refractivity contribution in [1.29, 1.82) is 0 Å². The molecule has 0 radical (unpaired) electrons. The molecule has 0 aromatic heterocycles. The highest BCUT2D eigenvalue weighted by atomic mass is 35.5. The van der Waals surface area contributed by atoms with Crippen LogP contribution in [0.3, 0.4) is 0 Å². The highest BCUT2D eigenvalue weighted by Crippen LogP contribution is 2.29. The number of hydrogen-bond donors (Lipinski definition) is 0. The number of alkyl halides is 1. The van der Waals surface area contributed by atoms with Crippen molar-refractivity contribution in [3.63, 3.8) is 0 Å². The maximum absolute atomic E-state index is 13.1. The average molecular weight is 269 g/mol. The number of rotatable bonds is 5. The van der Waals surface area contributed by atoms with Crippen LogP contribution in [0, 0.1) is 11.7 Å². The zero-order valence-corrected chi connectivity index (χ0v) is 11.6. The molecule has 2 rings (SSSR count). The van der Waals surface area contributed by atoms with Crippen LogP contribution in [-0.4, -0.2) is 5.38 Å². The van der Waals surface area contributed by atoms with Gasteiger partial charge in [0, 0.05) is 5.38 Å². The van der Waals surface area contributed by atoms with Crippen molar-refractivity contribution >= 4 is 11.6 Å². The van der Waals surface area contributed by atoms with Gasteiger partial charge in [0.1, 0.15) is 5.82 Å². The van der Waals surface area contributed by atoms with E-state index in [9.17, 15) is 4.39 Å². The normalized spacial score (nSPS) is 18.8. The van der Waals surface area contributed by atoms with Gasteiger partial charge in [-0.3, -0.25) is 0 Å². The van der Waals surface area contributed by atoms with Crippen LogP contribution in [0.25, 0.3) is 0 Å². The molecule has 1 atom stereocenters. The Labute approximate surface area is 115 Å². The van der Waals surface area contributed by atoms with Crippen LogP contribution in [0.1, 0.15) is 50.5 Å². The van der Waals surface area contributed by atoms with Gasteiger partial charge in [-0.1, -0.05) is 44.2 Å². The van der Waals surface area contributed by atoms with Crippen LogP contribution in [0.2, 0.25) is 0 Å². The molecule has 1 saturated carbocycles. The Balaban J connectivity index is 1.72. The van der Waals surface area contributed by atoms with E-state index in [1.807, 2.05) is 6.07 Å². The van der Waals surface area contributed by atoms with Crippen LogP contribution in [0.15, 0.2) is 24.3 Å². The van der Waals surface area contributed by atoms with Gasteiger partial charge in [0.15, 0.2) is 0 Å². The minimum Gasteiger partial charge on any atom is -0.207 e. The van der Waals surface area contributed by atoms with E-state index in [-0.39, 0.29) is 11.2 Å². The molecule has 0 nitrogen and oxygen atoms in total. The van der Waals surface area contributed by atoms with Crippen molar-refractivity contribution in [2.24, 2.45) is 5.92 Å². The first kappa shape index (κ1) is 13.9. The molecule has 0 bridgehead atoms. The minimum absolute atomic E-state index is 0.147. The first-order chi connectivity index (χ1) is 8.74. The largest absolute Gasteiger partial charge is 0.207 e. The van der Waals surface area contributed by atoms with E-state index >= 15 is 0 Å². The van der Waals surface area contributed by atoms with Crippen molar-refractivity contribution in [2.45, 2.75) is 56.7 Å². The molecule has 1 fully saturated rings. The monoisotopic (exact) mass is 268 g/mol.